The number of para-hydroxylation sites is 1. The quantitative estimate of drug-likeness (QED) is 0.692. The number of aryl methyl sites for hydroxylation is 1. The Balaban J connectivity index is 1.42. The SMILES string of the molecule is COc1ccc(-c2noc(CCC(=O)N3c4ccccc4C[C@@H]3C)n2)cc1. The number of carbonyl (C=O) groups is 1. The van der Waals surface area contributed by atoms with Crippen LogP contribution >= 0.6 is 0 Å². The van der Waals surface area contributed by atoms with Gasteiger partial charge in [0.2, 0.25) is 17.6 Å². The third-order valence-electron chi connectivity index (χ3n) is 4.84. The Morgan fingerprint density at radius 2 is 2.00 bits per heavy atom. The fraction of sp³-hybridized carbons (Fsp3) is 0.286. The van der Waals surface area contributed by atoms with E-state index < -0.39 is 0 Å². The van der Waals surface area contributed by atoms with E-state index in [-0.39, 0.29) is 11.9 Å². The zero-order valence-electron chi connectivity index (χ0n) is 15.4. The number of hydrogen-bond donors (Lipinski definition) is 0. The van der Waals surface area contributed by atoms with Gasteiger partial charge in [0.15, 0.2) is 0 Å². The van der Waals surface area contributed by atoms with Crippen LogP contribution in [0.15, 0.2) is 53.1 Å². The molecule has 1 aliphatic rings. The van der Waals surface area contributed by atoms with E-state index in [0.717, 1.165) is 23.4 Å². The fourth-order valence-electron chi connectivity index (χ4n) is 3.49. The third-order valence-corrected chi connectivity index (χ3v) is 4.84. The molecule has 4 rings (SSSR count). The van der Waals surface area contributed by atoms with E-state index >= 15 is 0 Å². The summed E-state index contributed by atoms with van der Waals surface area (Å²) in [6.07, 6.45) is 1.65. The Morgan fingerprint density at radius 3 is 2.78 bits per heavy atom. The van der Waals surface area contributed by atoms with E-state index in [9.17, 15) is 4.79 Å². The lowest BCUT2D eigenvalue weighted by Gasteiger charge is -2.22. The van der Waals surface area contributed by atoms with E-state index in [1.165, 1.54) is 5.56 Å². The summed E-state index contributed by atoms with van der Waals surface area (Å²) < 4.78 is 10.5. The standard InChI is InChI=1S/C21H21N3O3/c1-14-13-16-5-3-4-6-18(16)24(14)20(25)12-11-19-22-21(23-27-19)15-7-9-17(26-2)10-8-15/h3-10,14H,11-13H2,1-2H3/t14-/m0/s1. The van der Waals surface area contributed by atoms with E-state index in [1.54, 1.807) is 7.11 Å². The molecule has 138 valence electrons. The highest BCUT2D eigenvalue weighted by Gasteiger charge is 2.30. The number of rotatable bonds is 5. The molecule has 0 spiro atoms. The summed E-state index contributed by atoms with van der Waals surface area (Å²) in [6, 6.07) is 15.7. The summed E-state index contributed by atoms with van der Waals surface area (Å²) in [7, 11) is 1.62. The van der Waals surface area contributed by atoms with Crippen LogP contribution in [0.4, 0.5) is 5.69 Å². The zero-order valence-corrected chi connectivity index (χ0v) is 15.4. The van der Waals surface area contributed by atoms with Gasteiger partial charge in [-0.15, -0.1) is 0 Å². The van der Waals surface area contributed by atoms with Gasteiger partial charge in [-0.05, 0) is 49.2 Å². The normalized spacial score (nSPS) is 15.6. The molecule has 0 saturated heterocycles. The Kier molecular flexibility index (Phi) is 4.62. The highest BCUT2D eigenvalue weighted by molar-refractivity contribution is 5.96. The largest absolute Gasteiger partial charge is 0.497 e. The average molecular weight is 363 g/mol. The van der Waals surface area contributed by atoms with Crippen LogP contribution in [0.5, 0.6) is 5.75 Å². The number of benzene rings is 2. The van der Waals surface area contributed by atoms with Gasteiger partial charge in [0.05, 0.1) is 7.11 Å². The maximum atomic E-state index is 12.8. The Bertz CT molecular complexity index is 949. The predicted molar refractivity (Wildman–Crippen MR) is 102 cm³/mol. The summed E-state index contributed by atoms with van der Waals surface area (Å²) >= 11 is 0. The summed E-state index contributed by atoms with van der Waals surface area (Å²) in [5.74, 6) is 1.83. The minimum absolute atomic E-state index is 0.0802. The van der Waals surface area contributed by atoms with E-state index in [1.807, 2.05) is 47.4 Å². The first kappa shape index (κ1) is 17.3. The number of amides is 1. The molecule has 0 radical (unpaired) electrons. The number of nitrogens with zero attached hydrogens (tertiary/aromatic N) is 3. The van der Waals surface area contributed by atoms with Gasteiger partial charge in [-0.2, -0.15) is 4.98 Å². The van der Waals surface area contributed by atoms with Crippen molar-refractivity contribution in [1.29, 1.82) is 0 Å². The van der Waals surface area contributed by atoms with Crippen molar-refractivity contribution in [3.8, 4) is 17.1 Å². The number of carbonyl (C=O) groups excluding carboxylic acids is 1. The molecule has 0 N–H and O–H groups in total. The summed E-state index contributed by atoms with van der Waals surface area (Å²) in [5, 5.41) is 4.02. The molecule has 0 unspecified atom stereocenters. The molecular formula is C21H21N3O3. The van der Waals surface area contributed by atoms with Crippen LogP contribution in [0, 0.1) is 0 Å². The second-order valence-corrected chi connectivity index (χ2v) is 6.69. The van der Waals surface area contributed by atoms with E-state index in [2.05, 4.69) is 23.1 Å². The van der Waals surface area contributed by atoms with Crippen molar-refractivity contribution in [3.63, 3.8) is 0 Å². The molecule has 1 aliphatic heterocycles. The monoisotopic (exact) mass is 363 g/mol. The molecule has 6 heteroatoms. The maximum absolute atomic E-state index is 12.8. The molecule has 27 heavy (non-hydrogen) atoms. The van der Waals surface area contributed by atoms with Gasteiger partial charge in [0.25, 0.3) is 0 Å². The van der Waals surface area contributed by atoms with Gasteiger partial charge in [-0.3, -0.25) is 4.79 Å². The van der Waals surface area contributed by atoms with Crippen molar-refractivity contribution in [1.82, 2.24) is 10.1 Å². The number of fused-ring (bicyclic) bond motifs is 1. The van der Waals surface area contributed by atoms with Crippen molar-refractivity contribution in [2.75, 3.05) is 12.0 Å². The van der Waals surface area contributed by atoms with Gasteiger partial charge in [0.1, 0.15) is 5.75 Å². The van der Waals surface area contributed by atoms with Crippen LogP contribution in [0.1, 0.15) is 24.8 Å². The molecule has 0 aliphatic carbocycles. The van der Waals surface area contributed by atoms with Gasteiger partial charge in [-0.1, -0.05) is 23.4 Å². The Labute approximate surface area is 157 Å². The predicted octanol–water partition coefficient (Wildman–Crippen LogP) is 3.66. The van der Waals surface area contributed by atoms with Crippen LogP contribution in [0.3, 0.4) is 0 Å². The second-order valence-electron chi connectivity index (χ2n) is 6.69. The number of methoxy groups -OCH3 is 1. The molecule has 2 heterocycles. The van der Waals surface area contributed by atoms with E-state index in [4.69, 9.17) is 9.26 Å². The van der Waals surface area contributed by atoms with Gasteiger partial charge < -0.3 is 14.2 Å². The minimum Gasteiger partial charge on any atom is -0.497 e. The zero-order chi connectivity index (χ0) is 18.8. The molecule has 6 nitrogen and oxygen atoms in total. The molecule has 3 aromatic rings. The van der Waals surface area contributed by atoms with Gasteiger partial charge in [-0.25, -0.2) is 0 Å². The van der Waals surface area contributed by atoms with Crippen LogP contribution < -0.4 is 9.64 Å². The molecule has 1 amide bonds. The fourth-order valence-corrected chi connectivity index (χ4v) is 3.49. The van der Waals surface area contributed by atoms with Crippen LogP contribution in [0.25, 0.3) is 11.4 Å². The molecule has 0 saturated carbocycles. The van der Waals surface area contributed by atoms with Gasteiger partial charge in [0, 0.05) is 30.1 Å². The minimum atomic E-state index is 0.0802. The number of ether oxygens (including phenoxy) is 1. The third kappa shape index (κ3) is 3.43. The number of aromatic nitrogens is 2. The Hall–Kier alpha value is -3.15. The molecule has 1 aromatic heterocycles. The van der Waals surface area contributed by atoms with Crippen LogP contribution in [-0.2, 0) is 17.6 Å². The molecule has 1 atom stereocenters. The van der Waals surface area contributed by atoms with Crippen molar-refractivity contribution >= 4 is 11.6 Å². The summed E-state index contributed by atoms with van der Waals surface area (Å²) in [6.45, 7) is 2.08. The number of hydrogen-bond acceptors (Lipinski definition) is 5. The Morgan fingerprint density at radius 1 is 1.22 bits per heavy atom. The number of anilines is 1. The topological polar surface area (TPSA) is 68.5 Å². The smallest absolute Gasteiger partial charge is 0.227 e. The second kappa shape index (κ2) is 7.23. The first-order chi connectivity index (χ1) is 13.2. The molecular weight excluding hydrogens is 342 g/mol. The molecule has 2 aromatic carbocycles. The van der Waals surface area contributed by atoms with Crippen molar-refractivity contribution < 1.29 is 14.1 Å². The molecule has 0 bridgehead atoms. The average Bonchev–Trinajstić information content (AvgIpc) is 3.30. The van der Waals surface area contributed by atoms with Gasteiger partial charge >= 0.3 is 0 Å². The van der Waals surface area contributed by atoms with E-state index in [0.29, 0.717) is 24.6 Å². The van der Waals surface area contributed by atoms with Crippen molar-refractivity contribution in [3.05, 3.63) is 60.0 Å². The van der Waals surface area contributed by atoms with Crippen LogP contribution in [0.2, 0.25) is 0 Å². The highest BCUT2D eigenvalue weighted by Crippen LogP contribution is 2.32. The van der Waals surface area contributed by atoms with Crippen molar-refractivity contribution in [2.45, 2.75) is 32.2 Å². The first-order valence-electron chi connectivity index (χ1n) is 9.02. The molecule has 0 fully saturated rings. The summed E-state index contributed by atoms with van der Waals surface area (Å²) in [5.41, 5.74) is 3.08. The first-order valence-corrected chi connectivity index (χ1v) is 9.02. The maximum Gasteiger partial charge on any atom is 0.227 e. The lowest BCUT2D eigenvalue weighted by atomic mass is 10.1. The lowest BCUT2D eigenvalue weighted by molar-refractivity contribution is -0.118. The highest BCUT2D eigenvalue weighted by atomic mass is 16.5. The van der Waals surface area contributed by atoms with Crippen molar-refractivity contribution in [2.24, 2.45) is 0 Å². The van der Waals surface area contributed by atoms with Crippen LogP contribution in [-0.4, -0.2) is 29.2 Å². The summed E-state index contributed by atoms with van der Waals surface area (Å²) in [4.78, 5) is 19.1. The lowest BCUT2D eigenvalue weighted by Crippen LogP contribution is -2.35.